The number of hydrogen-bond donors (Lipinski definition) is 1. The van der Waals surface area contributed by atoms with Crippen molar-refractivity contribution in [3.8, 4) is 0 Å². The highest BCUT2D eigenvalue weighted by Gasteiger charge is 2.31. The van der Waals surface area contributed by atoms with Gasteiger partial charge in [-0.3, -0.25) is 9.59 Å². The van der Waals surface area contributed by atoms with Crippen LogP contribution in [0.3, 0.4) is 0 Å². The van der Waals surface area contributed by atoms with Gasteiger partial charge < -0.3 is 10.2 Å². The first kappa shape index (κ1) is 18.9. The van der Waals surface area contributed by atoms with Gasteiger partial charge in [-0.05, 0) is 61.7 Å². The molecule has 0 saturated carbocycles. The van der Waals surface area contributed by atoms with Gasteiger partial charge in [0.05, 0.1) is 0 Å². The predicted octanol–water partition coefficient (Wildman–Crippen LogP) is 4.52. The summed E-state index contributed by atoms with van der Waals surface area (Å²) in [6.07, 6.45) is 0.863. The minimum atomic E-state index is -0.149. The van der Waals surface area contributed by atoms with Crippen LogP contribution in [0.4, 0.5) is 5.69 Å². The van der Waals surface area contributed by atoms with Crippen LogP contribution in [-0.4, -0.2) is 17.9 Å². The summed E-state index contributed by atoms with van der Waals surface area (Å²) in [5, 5.41) is 2.92. The van der Waals surface area contributed by atoms with E-state index in [4.69, 9.17) is 0 Å². The van der Waals surface area contributed by atoms with Gasteiger partial charge in [0, 0.05) is 29.4 Å². The molecule has 2 amide bonds. The van der Waals surface area contributed by atoms with Crippen molar-refractivity contribution in [2.24, 2.45) is 0 Å². The zero-order valence-corrected chi connectivity index (χ0v) is 16.7. The second kappa shape index (κ2) is 7.92. The van der Waals surface area contributed by atoms with Crippen LogP contribution < -0.4 is 10.2 Å². The summed E-state index contributed by atoms with van der Waals surface area (Å²) in [5.41, 5.74) is 5.55. The average Bonchev–Trinajstić information content (AvgIpc) is 3.08. The van der Waals surface area contributed by atoms with E-state index >= 15 is 0 Å². The molecule has 0 bridgehead atoms. The van der Waals surface area contributed by atoms with Crippen LogP contribution in [0.25, 0.3) is 0 Å². The summed E-state index contributed by atoms with van der Waals surface area (Å²) in [6.45, 7) is 4.57. The molecule has 0 aliphatic carbocycles. The molecule has 0 fully saturated rings. The fourth-order valence-electron chi connectivity index (χ4n) is 3.77. The number of hydrogen-bond acceptors (Lipinski definition) is 2. The van der Waals surface area contributed by atoms with E-state index in [-0.39, 0.29) is 17.9 Å². The summed E-state index contributed by atoms with van der Waals surface area (Å²) < 4.78 is 0. The highest BCUT2D eigenvalue weighted by molar-refractivity contribution is 6.08. The molecule has 0 aromatic heterocycles. The minimum absolute atomic E-state index is 0.0333. The van der Waals surface area contributed by atoms with Crippen molar-refractivity contribution >= 4 is 17.5 Å². The van der Waals surface area contributed by atoms with E-state index < -0.39 is 0 Å². The molecule has 1 heterocycles. The number of benzene rings is 3. The number of carbonyl (C=O) groups is 2. The van der Waals surface area contributed by atoms with E-state index in [2.05, 4.69) is 18.3 Å². The minimum Gasteiger partial charge on any atom is -0.348 e. The lowest BCUT2D eigenvalue weighted by molar-refractivity contribution is 0.0947. The summed E-state index contributed by atoms with van der Waals surface area (Å²) >= 11 is 0. The van der Waals surface area contributed by atoms with Gasteiger partial charge in [0.2, 0.25) is 0 Å². The van der Waals surface area contributed by atoms with E-state index in [1.165, 1.54) is 11.1 Å². The largest absolute Gasteiger partial charge is 0.348 e. The average molecular weight is 384 g/mol. The SMILES string of the molecule is Cc1ccc(CNC(=O)c2ccc(C(=O)N3c4ccccc4CC3C)cc2)cc1. The molecule has 1 unspecified atom stereocenters. The van der Waals surface area contributed by atoms with Gasteiger partial charge in [-0.15, -0.1) is 0 Å². The van der Waals surface area contributed by atoms with E-state index in [9.17, 15) is 9.59 Å². The number of anilines is 1. The molecule has 1 aliphatic heterocycles. The van der Waals surface area contributed by atoms with Gasteiger partial charge in [0.1, 0.15) is 0 Å². The molecule has 1 N–H and O–H groups in total. The van der Waals surface area contributed by atoms with E-state index in [0.717, 1.165) is 17.7 Å². The fraction of sp³-hybridized carbons (Fsp3) is 0.200. The Morgan fingerprint density at radius 3 is 2.31 bits per heavy atom. The molecule has 3 aromatic carbocycles. The maximum atomic E-state index is 13.1. The van der Waals surface area contributed by atoms with Crippen LogP contribution in [0.15, 0.2) is 72.8 Å². The molecular formula is C25H24N2O2. The summed E-state index contributed by atoms with van der Waals surface area (Å²) in [5.74, 6) is -0.182. The Labute approximate surface area is 171 Å². The van der Waals surface area contributed by atoms with Crippen molar-refractivity contribution in [3.05, 3.63) is 101 Å². The molecule has 3 aromatic rings. The molecule has 0 radical (unpaired) electrons. The highest BCUT2D eigenvalue weighted by Crippen LogP contribution is 2.33. The first-order valence-corrected chi connectivity index (χ1v) is 9.88. The van der Waals surface area contributed by atoms with Crippen molar-refractivity contribution in [2.45, 2.75) is 32.9 Å². The Balaban J connectivity index is 1.44. The number of para-hydroxylation sites is 1. The smallest absolute Gasteiger partial charge is 0.258 e. The number of rotatable bonds is 4. The molecule has 0 saturated heterocycles. The lowest BCUT2D eigenvalue weighted by Crippen LogP contribution is -2.35. The van der Waals surface area contributed by atoms with Crippen LogP contribution in [0.2, 0.25) is 0 Å². The van der Waals surface area contributed by atoms with Gasteiger partial charge >= 0.3 is 0 Å². The van der Waals surface area contributed by atoms with Gasteiger partial charge in [-0.25, -0.2) is 0 Å². The number of nitrogens with zero attached hydrogens (tertiary/aromatic N) is 1. The molecule has 4 rings (SSSR count). The van der Waals surface area contributed by atoms with Gasteiger partial charge in [-0.2, -0.15) is 0 Å². The first-order chi connectivity index (χ1) is 14.0. The third-order valence-corrected chi connectivity index (χ3v) is 5.39. The molecule has 0 spiro atoms. The Kier molecular flexibility index (Phi) is 5.17. The third-order valence-electron chi connectivity index (χ3n) is 5.39. The topological polar surface area (TPSA) is 49.4 Å². The zero-order valence-electron chi connectivity index (χ0n) is 16.7. The van der Waals surface area contributed by atoms with Crippen LogP contribution in [0, 0.1) is 6.92 Å². The van der Waals surface area contributed by atoms with E-state index in [1.807, 2.05) is 54.3 Å². The molecule has 29 heavy (non-hydrogen) atoms. The summed E-state index contributed by atoms with van der Waals surface area (Å²) in [7, 11) is 0. The van der Waals surface area contributed by atoms with Crippen molar-refractivity contribution in [1.29, 1.82) is 0 Å². The quantitative estimate of drug-likeness (QED) is 0.719. The van der Waals surface area contributed by atoms with Crippen molar-refractivity contribution in [1.82, 2.24) is 5.32 Å². The monoisotopic (exact) mass is 384 g/mol. The van der Waals surface area contributed by atoms with Gasteiger partial charge in [0.15, 0.2) is 0 Å². The standard InChI is InChI=1S/C25H24N2O2/c1-17-7-9-19(10-8-17)16-26-24(28)20-11-13-21(14-12-20)25(29)27-18(2)15-22-5-3-4-6-23(22)27/h3-14,18H,15-16H2,1-2H3,(H,26,28). The number of fused-ring (bicyclic) bond motifs is 1. The molecular weight excluding hydrogens is 360 g/mol. The molecule has 4 heteroatoms. The van der Waals surface area contributed by atoms with Gasteiger partial charge in [0.25, 0.3) is 11.8 Å². The predicted molar refractivity (Wildman–Crippen MR) is 115 cm³/mol. The van der Waals surface area contributed by atoms with Crippen LogP contribution in [0.5, 0.6) is 0 Å². The van der Waals surface area contributed by atoms with E-state index in [1.54, 1.807) is 24.3 Å². The Morgan fingerprint density at radius 1 is 0.931 bits per heavy atom. The number of carbonyl (C=O) groups excluding carboxylic acids is 2. The van der Waals surface area contributed by atoms with Crippen LogP contribution >= 0.6 is 0 Å². The van der Waals surface area contributed by atoms with Crippen LogP contribution in [0.1, 0.15) is 44.3 Å². The lowest BCUT2D eigenvalue weighted by atomic mass is 10.1. The molecule has 1 atom stereocenters. The lowest BCUT2D eigenvalue weighted by Gasteiger charge is -2.23. The number of aryl methyl sites for hydroxylation is 1. The Morgan fingerprint density at radius 2 is 1.59 bits per heavy atom. The maximum absolute atomic E-state index is 13.1. The first-order valence-electron chi connectivity index (χ1n) is 9.88. The molecule has 1 aliphatic rings. The van der Waals surface area contributed by atoms with Crippen LogP contribution in [-0.2, 0) is 13.0 Å². The Bertz CT molecular complexity index is 1040. The normalized spacial score (nSPS) is 15.1. The van der Waals surface area contributed by atoms with Crippen molar-refractivity contribution in [3.63, 3.8) is 0 Å². The Hall–Kier alpha value is -3.40. The summed E-state index contributed by atoms with van der Waals surface area (Å²) in [4.78, 5) is 27.3. The van der Waals surface area contributed by atoms with E-state index in [0.29, 0.717) is 17.7 Å². The summed E-state index contributed by atoms with van der Waals surface area (Å²) in [6, 6.07) is 23.1. The molecule has 146 valence electrons. The zero-order chi connectivity index (χ0) is 20.4. The van der Waals surface area contributed by atoms with Crippen molar-refractivity contribution in [2.75, 3.05) is 4.90 Å². The maximum Gasteiger partial charge on any atom is 0.258 e. The number of nitrogens with one attached hydrogen (secondary N) is 1. The second-order valence-corrected chi connectivity index (χ2v) is 7.60. The number of amides is 2. The third kappa shape index (κ3) is 3.92. The second-order valence-electron chi connectivity index (χ2n) is 7.60. The van der Waals surface area contributed by atoms with Crippen molar-refractivity contribution < 1.29 is 9.59 Å². The fourth-order valence-corrected chi connectivity index (χ4v) is 3.77. The molecule has 4 nitrogen and oxygen atoms in total. The highest BCUT2D eigenvalue weighted by atomic mass is 16.2. The van der Waals surface area contributed by atoms with Gasteiger partial charge in [-0.1, -0.05) is 48.0 Å².